The predicted octanol–water partition coefficient (Wildman–Crippen LogP) is 4.21. The van der Waals surface area contributed by atoms with Crippen LogP contribution in [-0.2, 0) is 9.47 Å². The Morgan fingerprint density at radius 2 is 1.87 bits per heavy atom. The molecular weight excluding hydrogens is 420 g/mol. The molecule has 8 heteroatoms. The molecule has 1 atom stereocenters. The summed E-state index contributed by atoms with van der Waals surface area (Å²) in [6.07, 6.45) is 0.559. The number of methoxy groups -OCH3 is 1. The number of nitrogens with one attached hydrogen (secondary N) is 1. The van der Waals surface area contributed by atoms with Crippen LogP contribution in [0.5, 0.6) is 0 Å². The number of halogens is 1. The van der Waals surface area contributed by atoms with Crippen molar-refractivity contribution in [2.24, 2.45) is 0 Å². The van der Waals surface area contributed by atoms with E-state index in [1.165, 1.54) is 4.90 Å². The smallest absolute Gasteiger partial charge is 0.355 e. The van der Waals surface area contributed by atoms with E-state index in [1.807, 2.05) is 0 Å². The largest absolute Gasteiger partial charge is 0.461 e. The highest BCUT2D eigenvalue weighted by Crippen LogP contribution is 2.24. The van der Waals surface area contributed by atoms with Crippen LogP contribution in [0.3, 0.4) is 0 Å². The zero-order valence-electron chi connectivity index (χ0n) is 18.6. The molecule has 0 unspecified atom stereocenters. The topological polar surface area (TPSA) is 88.7 Å². The van der Waals surface area contributed by atoms with Crippen LogP contribution in [-0.4, -0.2) is 60.5 Å². The third-order valence-electron chi connectivity index (χ3n) is 5.12. The summed E-state index contributed by atoms with van der Waals surface area (Å²) < 4.78 is 10.2. The number of hydrogen-bond acceptors (Lipinski definition) is 5. The van der Waals surface area contributed by atoms with E-state index in [9.17, 15) is 14.4 Å². The quantitative estimate of drug-likeness (QED) is 0.334. The van der Waals surface area contributed by atoms with Gasteiger partial charge >= 0.3 is 5.97 Å². The van der Waals surface area contributed by atoms with Crippen molar-refractivity contribution in [3.8, 4) is 0 Å². The van der Waals surface area contributed by atoms with Gasteiger partial charge in [-0.3, -0.25) is 9.59 Å². The van der Waals surface area contributed by atoms with Gasteiger partial charge in [0.25, 0.3) is 5.91 Å². The normalized spacial score (nSPS) is 11.8. The summed E-state index contributed by atoms with van der Waals surface area (Å²) in [7, 11) is 1.58. The number of ether oxygens (including phenoxy) is 2. The third kappa shape index (κ3) is 5.54. The Morgan fingerprint density at radius 3 is 2.48 bits per heavy atom. The molecule has 7 nitrogen and oxygen atoms in total. The molecule has 1 amide bonds. The molecule has 31 heavy (non-hydrogen) atoms. The van der Waals surface area contributed by atoms with E-state index < -0.39 is 12.0 Å². The number of benzene rings is 1. The molecule has 0 aliphatic rings. The minimum atomic E-state index is -0.774. The van der Waals surface area contributed by atoms with Gasteiger partial charge in [-0.15, -0.1) is 0 Å². The van der Waals surface area contributed by atoms with Crippen molar-refractivity contribution in [3.63, 3.8) is 0 Å². The number of hydrogen-bond donors (Lipinski definition) is 1. The van der Waals surface area contributed by atoms with Crippen LogP contribution in [0, 0.1) is 13.8 Å². The number of amides is 1. The molecule has 2 rings (SSSR count). The fraction of sp³-hybridized carbons (Fsp3) is 0.435. The molecule has 0 radical (unpaired) electrons. The molecule has 2 aromatic rings. The summed E-state index contributed by atoms with van der Waals surface area (Å²) in [5.41, 5.74) is 2.03. The lowest BCUT2D eigenvalue weighted by atomic mass is 9.99. The molecular formula is C23H29ClN2O5. The number of carbonyl (C=O) groups is 3. The molecule has 0 spiro atoms. The van der Waals surface area contributed by atoms with E-state index in [0.717, 1.165) is 0 Å². The van der Waals surface area contributed by atoms with Crippen molar-refractivity contribution >= 4 is 29.3 Å². The summed E-state index contributed by atoms with van der Waals surface area (Å²) in [4.78, 5) is 43.4. The molecule has 0 bridgehead atoms. The van der Waals surface area contributed by atoms with Crippen LogP contribution in [0.2, 0.25) is 5.02 Å². The number of aromatic nitrogens is 1. The Balaban J connectivity index is 2.39. The van der Waals surface area contributed by atoms with E-state index in [-0.39, 0.29) is 24.0 Å². The molecule has 1 aromatic heterocycles. The second kappa shape index (κ2) is 11.1. The second-order valence-electron chi connectivity index (χ2n) is 7.21. The Bertz CT molecular complexity index is 953. The van der Waals surface area contributed by atoms with Gasteiger partial charge in [0.15, 0.2) is 5.78 Å². The van der Waals surface area contributed by atoms with Crippen molar-refractivity contribution in [1.29, 1.82) is 0 Å². The van der Waals surface area contributed by atoms with Gasteiger partial charge in [0.1, 0.15) is 5.69 Å². The maximum atomic E-state index is 13.4. The molecule has 1 N–H and O–H groups in total. The van der Waals surface area contributed by atoms with Crippen LogP contribution in [0.1, 0.15) is 62.7 Å². The number of esters is 1. The van der Waals surface area contributed by atoms with Gasteiger partial charge in [-0.05, 0) is 51.8 Å². The van der Waals surface area contributed by atoms with Gasteiger partial charge in [-0.2, -0.15) is 0 Å². The first kappa shape index (κ1) is 24.6. The van der Waals surface area contributed by atoms with Gasteiger partial charge in [0.2, 0.25) is 0 Å². The molecule has 0 fully saturated rings. The molecule has 0 aliphatic heterocycles. The minimum Gasteiger partial charge on any atom is -0.461 e. The molecule has 1 aromatic carbocycles. The summed E-state index contributed by atoms with van der Waals surface area (Å²) in [6, 6.07) is 5.97. The molecule has 0 saturated heterocycles. The van der Waals surface area contributed by atoms with Gasteiger partial charge in [-0.1, -0.05) is 23.7 Å². The zero-order valence-corrected chi connectivity index (χ0v) is 19.3. The van der Waals surface area contributed by atoms with Crippen LogP contribution in [0.4, 0.5) is 0 Å². The van der Waals surface area contributed by atoms with E-state index in [2.05, 4.69) is 4.98 Å². The second-order valence-corrected chi connectivity index (χ2v) is 7.62. The number of nitrogens with zero attached hydrogens (tertiary/aromatic N) is 1. The number of Topliss-reactive ketones (excluding diaryl/α,β-unsaturated/α-hetero) is 1. The SMILES string of the molecule is CCOC(=O)c1[nH]c(C)c(C(=O)[C@@H](C)N(CCCOC)C(=O)c2ccccc2Cl)c1C. The number of aryl methyl sites for hydroxylation is 1. The summed E-state index contributed by atoms with van der Waals surface area (Å²) >= 11 is 6.23. The van der Waals surface area contributed by atoms with Crippen molar-refractivity contribution in [2.45, 2.75) is 40.2 Å². The Labute approximate surface area is 187 Å². The Hall–Kier alpha value is -2.64. The fourth-order valence-electron chi connectivity index (χ4n) is 3.52. The van der Waals surface area contributed by atoms with Crippen LogP contribution in [0.15, 0.2) is 24.3 Å². The highest BCUT2D eigenvalue weighted by atomic mass is 35.5. The van der Waals surface area contributed by atoms with Crippen molar-refractivity contribution in [1.82, 2.24) is 9.88 Å². The average Bonchev–Trinajstić information content (AvgIpc) is 3.04. The van der Waals surface area contributed by atoms with Crippen molar-refractivity contribution < 1.29 is 23.9 Å². The lowest BCUT2D eigenvalue weighted by Gasteiger charge is -2.29. The number of rotatable bonds is 10. The minimum absolute atomic E-state index is 0.232. The molecule has 1 heterocycles. The standard InChI is InChI=1S/C23H29ClN2O5/c1-6-31-23(29)20-14(2)19(15(3)25-20)21(27)16(4)26(12-9-13-30-5)22(28)17-10-7-8-11-18(17)24/h7-8,10-11,16,25H,6,9,12-13H2,1-5H3/t16-/m1/s1. The number of carbonyl (C=O) groups excluding carboxylic acids is 3. The first-order valence-corrected chi connectivity index (χ1v) is 10.6. The van der Waals surface area contributed by atoms with E-state index in [4.69, 9.17) is 21.1 Å². The number of aromatic amines is 1. The van der Waals surface area contributed by atoms with Crippen LogP contribution < -0.4 is 0 Å². The van der Waals surface area contributed by atoms with Crippen LogP contribution in [0.25, 0.3) is 0 Å². The summed E-state index contributed by atoms with van der Waals surface area (Å²) in [6.45, 7) is 7.81. The Morgan fingerprint density at radius 1 is 1.19 bits per heavy atom. The molecule has 168 valence electrons. The lowest BCUT2D eigenvalue weighted by Crippen LogP contribution is -2.44. The third-order valence-corrected chi connectivity index (χ3v) is 5.45. The number of ketones is 1. The summed E-state index contributed by atoms with van der Waals surface area (Å²) in [5.74, 6) is -1.11. The first-order chi connectivity index (χ1) is 14.7. The highest BCUT2D eigenvalue weighted by molar-refractivity contribution is 6.33. The first-order valence-electron chi connectivity index (χ1n) is 10.2. The zero-order chi connectivity index (χ0) is 23.1. The number of H-pyrrole nitrogens is 1. The predicted molar refractivity (Wildman–Crippen MR) is 119 cm³/mol. The van der Waals surface area contributed by atoms with Gasteiger partial charge in [-0.25, -0.2) is 4.79 Å². The Kier molecular flexibility index (Phi) is 8.83. The van der Waals surface area contributed by atoms with Gasteiger partial charge in [0.05, 0.1) is 23.2 Å². The van der Waals surface area contributed by atoms with Gasteiger partial charge < -0.3 is 19.4 Å². The van der Waals surface area contributed by atoms with Crippen LogP contribution >= 0.6 is 11.6 Å². The van der Waals surface area contributed by atoms with E-state index in [1.54, 1.807) is 59.1 Å². The van der Waals surface area contributed by atoms with E-state index in [0.29, 0.717) is 47.0 Å². The molecule has 0 aliphatic carbocycles. The van der Waals surface area contributed by atoms with E-state index >= 15 is 0 Å². The summed E-state index contributed by atoms with van der Waals surface area (Å²) in [5, 5.41) is 0.322. The van der Waals surface area contributed by atoms with Gasteiger partial charge in [0, 0.05) is 31.5 Å². The maximum Gasteiger partial charge on any atom is 0.355 e. The monoisotopic (exact) mass is 448 g/mol. The van der Waals surface area contributed by atoms with Crippen molar-refractivity contribution in [3.05, 3.63) is 57.4 Å². The molecule has 0 saturated carbocycles. The lowest BCUT2D eigenvalue weighted by molar-refractivity contribution is 0.0518. The fourth-order valence-corrected chi connectivity index (χ4v) is 3.73. The van der Waals surface area contributed by atoms with Crippen molar-refractivity contribution in [2.75, 3.05) is 26.9 Å². The maximum absolute atomic E-state index is 13.4. The highest BCUT2D eigenvalue weighted by Gasteiger charge is 2.32. The average molecular weight is 449 g/mol.